The van der Waals surface area contributed by atoms with E-state index in [9.17, 15) is 15.8 Å². The van der Waals surface area contributed by atoms with Gasteiger partial charge < -0.3 is 15.2 Å². The zero-order valence-electron chi connectivity index (χ0n) is 16.7. The second-order valence-electron chi connectivity index (χ2n) is 7.18. The van der Waals surface area contributed by atoms with Gasteiger partial charge in [0.2, 0.25) is 0 Å². The van der Waals surface area contributed by atoms with Gasteiger partial charge in [0.15, 0.2) is 16.9 Å². The summed E-state index contributed by atoms with van der Waals surface area (Å²) in [6.45, 7) is 4.75. The van der Waals surface area contributed by atoms with Gasteiger partial charge in [0, 0.05) is 5.92 Å². The van der Waals surface area contributed by atoms with E-state index >= 15 is 0 Å². The number of nitriles is 3. The van der Waals surface area contributed by atoms with Crippen LogP contribution in [-0.2, 0) is 0 Å². The summed E-state index contributed by atoms with van der Waals surface area (Å²) >= 11 is 0. The number of hydrogen-bond donors (Lipinski definition) is 1. The van der Waals surface area contributed by atoms with E-state index in [1.165, 1.54) is 0 Å². The molecule has 0 saturated heterocycles. The number of fused-ring (bicyclic) bond motifs is 1. The van der Waals surface area contributed by atoms with Crippen LogP contribution in [0.2, 0.25) is 0 Å². The van der Waals surface area contributed by atoms with Crippen LogP contribution in [0.4, 0.5) is 0 Å². The summed E-state index contributed by atoms with van der Waals surface area (Å²) in [5.41, 5.74) is 6.68. The number of ether oxygens (including phenoxy) is 2. The van der Waals surface area contributed by atoms with Crippen molar-refractivity contribution in [2.75, 3.05) is 13.2 Å². The molecule has 1 aromatic rings. The van der Waals surface area contributed by atoms with Gasteiger partial charge in [-0.05, 0) is 62.3 Å². The number of hydrogen-bond acceptors (Lipinski definition) is 6. The van der Waals surface area contributed by atoms with Crippen molar-refractivity contribution in [3.05, 3.63) is 46.7 Å². The van der Waals surface area contributed by atoms with Crippen molar-refractivity contribution in [1.29, 1.82) is 15.8 Å². The van der Waals surface area contributed by atoms with Crippen LogP contribution in [0.25, 0.3) is 0 Å². The standard InChI is InChI=1S/C23H24N4O2/c1-3-28-19-10-9-15(11-20(19)29-4-2)21-17-8-6-5-7-16(17)18(12-24)22(27)23(21,13-25)14-26/h7,9-11,17,21H,3-6,8,27H2,1-2H3/t17-,21-/m1/s1. The van der Waals surface area contributed by atoms with Crippen molar-refractivity contribution in [2.24, 2.45) is 17.1 Å². The highest BCUT2D eigenvalue weighted by Crippen LogP contribution is 2.56. The van der Waals surface area contributed by atoms with E-state index in [-0.39, 0.29) is 17.2 Å². The number of nitrogens with two attached hydrogens (primary N) is 1. The molecule has 6 heteroatoms. The van der Waals surface area contributed by atoms with E-state index in [1.807, 2.05) is 38.1 Å². The maximum atomic E-state index is 10.1. The molecule has 1 aromatic carbocycles. The van der Waals surface area contributed by atoms with Crippen molar-refractivity contribution in [3.63, 3.8) is 0 Å². The first-order valence-electron chi connectivity index (χ1n) is 9.90. The molecule has 0 fully saturated rings. The van der Waals surface area contributed by atoms with Gasteiger partial charge in [-0.25, -0.2) is 0 Å². The number of nitrogens with zero attached hydrogens (tertiary/aromatic N) is 3. The molecule has 148 valence electrons. The highest BCUT2D eigenvalue weighted by Gasteiger charge is 2.53. The Morgan fingerprint density at radius 1 is 1.10 bits per heavy atom. The van der Waals surface area contributed by atoms with Gasteiger partial charge in [0.05, 0.1) is 36.6 Å². The Hall–Kier alpha value is -3.43. The fraction of sp³-hybridized carbons (Fsp3) is 0.435. The minimum Gasteiger partial charge on any atom is -0.490 e. The molecule has 2 atom stereocenters. The third kappa shape index (κ3) is 3.20. The molecule has 0 radical (unpaired) electrons. The first-order chi connectivity index (χ1) is 14.1. The Morgan fingerprint density at radius 2 is 1.79 bits per heavy atom. The van der Waals surface area contributed by atoms with Crippen LogP contribution in [0.15, 0.2) is 41.1 Å². The molecule has 0 spiro atoms. The van der Waals surface area contributed by atoms with Gasteiger partial charge >= 0.3 is 0 Å². The van der Waals surface area contributed by atoms with E-state index in [2.05, 4.69) is 18.2 Å². The molecule has 0 heterocycles. The Bertz CT molecular complexity index is 974. The second kappa shape index (κ2) is 8.29. The first-order valence-corrected chi connectivity index (χ1v) is 9.90. The van der Waals surface area contributed by atoms with E-state index in [4.69, 9.17) is 15.2 Å². The van der Waals surface area contributed by atoms with Crippen molar-refractivity contribution in [1.82, 2.24) is 0 Å². The van der Waals surface area contributed by atoms with Crippen molar-refractivity contribution < 1.29 is 9.47 Å². The highest BCUT2D eigenvalue weighted by molar-refractivity contribution is 5.60. The fourth-order valence-electron chi connectivity index (χ4n) is 4.51. The topological polar surface area (TPSA) is 116 Å². The Labute approximate surface area is 171 Å². The molecule has 0 unspecified atom stereocenters. The number of rotatable bonds is 5. The van der Waals surface area contributed by atoms with Crippen LogP contribution in [-0.4, -0.2) is 13.2 Å². The smallest absolute Gasteiger partial charge is 0.191 e. The van der Waals surface area contributed by atoms with Crippen LogP contribution < -0.4 is 15.2 Å². The van der Waals surface area contributed by atoms with E-state index < -0.39 is 11.3 Å². The Morgan fingerprint density at radius 3 is 2.41 bits per heavy atom. The van der Waals surface area contributed by atoms with Gasteiger partial charge in [-0.3, -0.25) is 0 Å². The monoisotopic (exact) mass is 388 g/mol. The van der Waals surface area contributed by atoms with Gasteiger partial charge in [-0.1, -0.05) is 12.1 Å². The molecule has 2 aliphatic rings. The molecule has 3 rings (SSSR count). The van der Waals surface area contributed by atoms with Crippen LogP contribution in [0.5, 0.6) is 11.5 Å². The van der Waals surface area contributed by atoms with Gasteiger partial charge in [-0.2, -0.15) is 15.8 Å². The predicted octanol–water partition coefficient (Wildman–Crippen LogP) is 4.08. The fourth-order valence-corrected chi connectivity index (χ4v) is 4.51. The molecule has 0 amide bonds. The molecule has 29 heavy (non-hydrogen) atoms. The minimum absolute atomic E-state index is 0.0474. The molecule has 0 aromatic heterocycles. The maximum absolute atomic E-state index is 10.1. The van der Waals surface area contributed by atoms with Crippen LogP contribution in [0, 0.1) is 45.3 Å². The zero-order valence-corrected chi connectivity index (χ0v) is 16.7. The summed E-state index contributed by atoms with van der Waals surface area (Å²) in [6.07, 6.45) is 4.61. The third-order valence-electron chi connectivity index (χ3n) is 5.73. The largest absolute Gasteiger partial charge is 0.490 e. The average molecular weight is 388 g/mol. The van der Waals surface area contributed by atoms with Crippen molar-refractivity contribution in [2.45, 2.75) is 39.0 Å². The Balaban J connectivity index is 2.25. The zero-order chi connectivity index (χ0) is 21.0. The average Bonchev–Trinajstić information content (AvgIpc) is 2.75. The lowest BCUT2D eigenvalue weighted by Gasteiger charge is -2.43. The lowest BCUT2D eigenvalue weighted by Crippen LogP contribution is -2.42. The van der Waals surface area contributed by atoms with Gasteiger partial charge in [0.1, 0.15) is 6.07 Å². The summed E-state index contributed by atoms with van der Waals surface area (Å²) < 4.78 is 11.4. The van der Waals surface area contributed by atoms with Crippen LogP contribution in [0.1, 0.15) is 44.6 Å². The van der Waals surface area contributed by atoms with Crippen molar-refractivity contribution in [3.8, 4) is 29.7 Å². The number of benzene rings is 1. The Kier molecular flexibility index (Phi) is 5.81. The highest BCUT2D eigenvalue weighted by atomic mass is 16.5. The molecule has 0 aliphatic heterocycles. The van der Waals surface area contributed by atoms with Crippen LogP contribution in [0.3, 0.4) is 0 Å². The SMILES string of the molecule is CCOc1ccc([C@@H]2[C@@H]3CCCC=C3C(C#N)=C(N)C2(C#N)C#N)cc1OCC. The molecule has 0 saturated carbocycles. The molecule has 0 bridgehead atoms. The lowest BCUT2D eigenvalue weighted by atomic mass is 9.57. The quantitative estimate of drug-likeness (QED) is 0.812. The minimum atomic E-state index is -1.61. The summed E-state index contributed by atoms with van der Waals surface area (Å²) in [5, 5.41) is 29.9. The lowest BCUT2D eigenvalue weighted by molar-refractivity contribution is 0.284. The summed E-state index contributed by atoms with van der Waals surface area (Å²) in [4.78, 5) is 0. The summed E-state index contributed by atoms with van der Waals surface area (Å²) in [5.74, 6) is 0.578. The molecule has 2 N–H and O–H groups in total. The second-order valence-corrected chi connectivity index (χ2v) is 7.18. The number of allylic oxidation sites excluding steroid dienone is 4. The molecule has 6 nitrogen and oxygen atoms in total. The predicted molar refractivity (Wildman–Crippen MR) is 107 cm³/mol. The normalized spacial score (nSPS) is 22.4. The van der Waals surface area contributed by atoms with E-state index in [0.29, 0.717) is 24.7 Å². The molecular formula is C23H24N4O2. The van der Waals surface area contributed by atoms with Crippen molar-refractivity contribution >= 4 is 0 Å². The summed E-state index contributed by atoms with van der Waals surface area (Å²) in [6, 6.07) is 12.0. The van der Waals surface area contributed by atoms with Gasteiger partial charge in [0.25, 0.3) is 0 Å². The van der Waals surface area contributed by atoms with E-state index in [1.54, 1.807) is 0 Å². The van der Waals surface area contributed by atoms with Gasteiger partial charge in [-0.15, -0.1) is 0 Å². The maximum Gasteiger partial charge on any atom is 0.191 e. The first kappa shape index (κ1) is 20.3. The summed E-state index contributed by atoms with van der Waals surface area (Å²) in [7, 11) is 0. The third-order valence-corrected chi connectivity index (χ3v) is 5.73. The van der Waals surface area contributed by atoms with Crippen LogP contribution >= 0.6 is 0 Å². The molecular weight excluding hydrogens is 364 g/mol. The van der Waals surface area contributed by atoms with E-state index in [0.717, 1.165) is 30.4 Å². The molecule has 2 aliphatic carbocycles.